The number of benzene rings is 2. The number of sulfone groups is 1. The molecule has 34 heavy (non-hydrogen) atoms. The Balaban J connectivity index is 0.00000104. The summed E-state index contributed by atoms with van der Waals surface area (Å²) < 4.78 is 63.7. The number of rotatable bonds is 8. The minimum absolute atomic E-state index is 0.0193. The molecule has 0 aromatic heterocycles. The van der Waals surface area contributed by atoms with Gasteiger partial charge in [0.1, 0.15) is 0 Å². The third kappa shape index (κ3) is 7.88. The number of carbonyl (C=O) groups excluding carboxylic acids is 1. The van der Waals surface area contributed by atoms with Crippen LogP contribution in [-0.2, 0) is 14.6 Å². The minimum Gasteiger partial charge on any atom is -0.373 e. The monoisotopic (exact) mass is 540 g/mol. The Morgan fingerprint density at radius 1 is 1.03 bits per heavy atom. The van der Waals surface area contributed by atoms with E-state index in [9.17, 15) is 31.5 Å². The largest absolute Gasteiger partial charge is 0.426 e. The van der Waals surface area contributed by atoms with Gasteiger partial charge in [-0.1, -0.05) is 32.4 Å². The summed E-state index contributed by atoms with van der Waals surface area (Å²) in [6, 6.07) is 9.39. The third-order valence-electron chi connectivity index (χ3n) is 4.44. The number of thioether (sulfide) groups is 1. The number of nitrogens with one attached hydrogen (secondary N) is 2. The average molecular weight is 541 g/mol. The molecule has 0 aliphatic carbocycles. The Morgan fingerprint density at radius 3 is 1.97 bits per heavy atom. The molecule has 0 heterocycles. The van der Waals surface area contributed by atoms with Crippen molar-refractivity contribution in [3.63, 3.8) is 0 Å². The molecular weight excluding hydrogens is 513 g/mol. The molecule has 0 aliphatic heterocycles. The summed E-state index contributed by atoms with van der Waals surface area (Å²) in [5.41, 5.74) is -3.91. The number of alkyl halides is 3. The van der Waals surface area contributed by atoms with Crippen LogP contribution in [0.15, 0.2) is 57.2 Å². The highest BCUT2D eigenvalue weighted by molar-refractivity contribution is 7.99. The van der Waals surface area contributed by atoms with Crippen LogP contribution in [0.25, 0.3) is 0 Å². The second kappa shape index (κ2) is 12.8. The van der Waals surface area contributed by atoms with Crippen molar-refractivity contribution in [2.24, 2.45) is 0 Å². The smallest absolute Gasteiger partial charge is 0.373 e. The molecule has 0 saturated carbocycles. The second-order valence-corrected chi connectivity index (χ2v) is 10.7. The van der Waals surface area contributed by atoms with Gasteiger partial charge in [-0.25, -0.2) is 8.42 Å². The lowest BCUT2D eigenvalue weighted by molar-refractivity contribution is -0.242. The summed E-state index contributed by atoms with van der Waals surface area (Å²) in [6.45, 7) is 8.65. The van der Waals surface area contributed by atoms with Gasteiger partial charge in [-0.3, -0.25) is 4.79 Å². The zero-order valence-electron chi connectivity index (χ0n) is 19.2. The lowest BCUT2D eigenvalue weighted by Gasteiger charge is -2.25. The van der Waals surface area contributed by atoms with Crippen molar-refractivity contribution in [3.05, 3.63) is 47.5 Å². The molecule has 0 saturated heterocycles. The fraction of sp³-hybridized carbons (Fsp3) is 0.409. The maximum Gasteiger partial charge on any atom is 0.426 e. The number of amides is 1. The minimum atomic E-state index is -5.20. The Morgan fingerprint density at radius 2 is 1.56 bits per heavy atom. The molecule has 0 spiro atoms. The first-order chi connectivity index (χ1) is 15.7. The van der Waals surface area contributed by atoms with Crippen LogP contribution in [0.4, 0.5) is 18.9 Å². The summed E-state index contributed by atoms with van der Waals surface area (Å²) in [4.78, 5) is 12.5. The van der Waals surface area contributed by atoms with E-state index in [1.165, 1.54) is 12.1 Å². The molecule has 1 amide bonds. The molecule has 0 radical (unpaired) electrons. The SMILES string of the molecule is CCNCC.CCSc1ccc(S(=O)(=O)c2ccc(NC(=O)C(C)(O)C(F)(F)F)c(Cl)c2)cc1. The zero-order chi connectivity index (χ0) is 26.2. The first kappa shape index (κ1) is 30.2. The Bertz CT molecular complexity index is 1060. The van der Waals surface area contributed by atoms with Gasteiger partial charge < -0.3 is 15.7 Å². The van der Waals surface area contributed by atoms with Gasteiger partial charge >= 0.3 is 6.18 Å². The van der Waals surface area contributed by atoms with E-state index in [2.05, 4.69) is 19.2 Å². The van der Waals surface area contributed by atoms with Crippen molar-refractivity contribution in [2.75, 3.05) is 24.2 Å². The van der Waals surface area contributed by atoms with Gasteiger partial charge in [-0.2, -0.15) is 13.2 Å². The van der Waals surface area contributed by atoms with E-state index in [-0.39, 0.29) is 20.5 Å². The predicted octanol–water partition coefficient (Wildman–Crippen LogP) is 5.15. The summed E-state index contributed by atoms with van der Waals surface area (Å²) in [7, 11) is -3.93. The van der Waals surface area contributed by atoms with Crippen molar-refractivity contribution in [1.29, 1.82) is 0 Å². The van der Waals surface area contributed by atoms with Crippen molar-refractivity contribution < 1.29 is 31.5 Å². The van der Waals surface area contributed by atoms with E-state index in [0.29, 0.717) is 6.92 Å². The molecular formula is C22H28ClF3N2O4S2. The summed E-state index contributed by atoms with van der Waals surface area (Å²) in [5.74, 6) is -0.914. The third-order valence-corrected chi connectivity index (χ3v) is 7.41. The second-order valence-electron chi connectivity index (χ2n) is 7.03. The molecule has 12 heteroatoms. The maximum absolute atomic E-state index is 12.7. The van der Waals surface area contributed by atoms with Gasteiger partial charge in [0.15, 0.2) is 0 Å². The first-order valence-corrected chi connectivity index (χ1v) is 13.2. The number of aliphatic hydroxyl groups is 1. The highest BCUT2D eigenvalue weighted by Gasteiger charge is 2.55. The van der Waals surface area contributed by atoms with E-state index in [0.717, 1.165) is 41.9 Å². The Hall–Kier alpha value is -1.79. The Labute approximate surface area is 207 Å². The maximum atomic E-state index is 12.7. The topological polar surface area (TPSA) is 95.5 Å². The number of hydrogen-bond donors (Lipinski definition) is 3. The lowest BCUT2D eigenvalue weighted by atomic mass is 10.1. The number of anilines is 1. The van der Waals surface area contributed by atoms with Gasteiger partial charge in [0, 0.05) is 4.90 Å². The normalized spacial score (nSPS) is 13.4. The van der Waals surface area contributed by atoms with Gasteiger partial charge in [0.25, 0.3) is 5.91 Å². The van der Waals surface area contributed by atoms with Gasteiger partial charge in [0.2, 0.25) is 15.4 Å². The first-order valence-electron chi connectivity index (χ1n) is 10.3. The lowest BCUT2D eigenvalue weighted by Crippen LogP contribution is -2.52. The van der Waals surface area contributed by atoms with Crippen molar-refractivity contribution in [3.8, 4) is 0 Å². The van der Waals surface area contributed by atoms with Crippen molar-refractivity contribution in [2.45, 2.75) is 54.2 Å². The molecule has 2 rings (SSSR count). The predicted molar refractivity (Wildman–Crippen MR) is 129 cm³/mol. The molecule has 6 nitrogen and oxygen atoms in total. The molecule has 1 unspecified atom stereocenters. The van der Waals surface area contributed by atoms with Crippen LogP contribution in [0.5, 0.6) is 0 Å². The van der Waals surface area contributed by atoms with Gasteiger partial charge in [-0.15, -0.1) is 11.8 Å². The Kier molecular flexibility index (Phi) is 11.4. The van der Waals surface area contributed by atoms with Crippen LogP contribution in [-0.4, -0.2) is 50.1 Å². The van der Waals surface area contributed by atoms with Crippen molar-refractivity contribution >= 4 is 44.8 Å². The standard InChI is InChI=1S/C18H17ClF3NO4S2.C4H11N/c1-3-28-11-4-6-12(7-5-11)29(26,27)13-8-9-15(14(19)10-13)23-16(24)17(2,25)18(20,21)22;1-3-5-4-2/h4-10,25H,3H2,1-2H3,(H,23,24);5H,3-4H2,1-2H3. The van der Waals surface area contributed by atoms with Crippen LogP contribution in [0.3, 0.4) is 0 Å². The molecule has 2 aromatic carbocycles. The van der Waals surface area contributed by atoms with E-state index < -0.39 is 27.5 Å². The highest BCUT2D eigenvalue weighted by atomic mass is 35.5. The molecule has 190 valence electrons. The fourth-order valence-corrected chi connectivity index (χ4v) is 4.65. The molecule has 3 N–H and O–H groups in total. The summed E-state index contributed by atoms with van der Waals surface area (Å²) >= 11 is 7.50. The van der Waals surface area contributed by atoms with Crippen LogP contribution >= 0.6 is 23.4 Å². The van der Waals surface area contributed by atoms with Crippen LogP contribution in [0.2, 0.25) is 5.02 Å². The number of carbonyl (C=O) groups is 1. The zero-order valence-corrected chi connectivity index (χ0v) is 21.6. The average Bonchev–Trinajstić information content (AvgIpc) is 2.76. The van der Waals surface area contributed by atoms with Crippen LogP contribution in [0.1, 0.15) is 27.7 Å². The van der Waals surface area contributed by atoms with Crippen LogP contribution < -0.4 is 10.6 Å². The van der Waals surface area contributed by atoms with E-state index >= 15 is 0 Å². The van der Waals surface area contributed by atoms with Gasteiger partial charge in [-0.05, 0) is 68.2 Å². The molecule has 0 fully saturated rings. The summed E-state index contributed by atoms with van der Waals surface area (Å²) in [6.07, 6.45) is -5.20. The number of hydrogen-bond acceptors (Lipinski definition) is 6. The van der Waals surface area contributed by atoms with E-state index in [1.54, 1.807) is 23.9 Å². The quantitative estimate of drug-likeness (QED) is 0.401. The molecule has 0 aliphatic rings. The molecule has 1 atom stereocenters. The van der Waals surface area contributed by atoms with E-state index in [1.807, 2.05) is 12.2 Å². The summed E-state index contributed by atoms with van der Waals surface area (Å²) in [5, 5.41) is 14.1. The van der Waals surface area contributed by atoms with E-state index in [4.69, 9.17) is 11.6 Å². The number of halogens is 4. The van der Waals surface area contributed by atoms with Crippen molar-refractivity contribution in [1.82, 2.24) is 5.32 Å². The molecule has 0 bridgehead atoms. The fourth-order valence-electron chi connectivity index (χ4n) is 2.40. The molecule has 2 aromatic rings. The van der Waals surface area contributed by atoms with Crippen LogP contribution in [0, 0.1) is 0 Å². The van der Waals surface area contributed by atoms with Gasteiger partial charge in [0.05, 0.1) is 20.5 Å². The highest BCUT2D eigenvalue weighted by Crippen LogP contribution is 2.33.